The van der Waals surface area contributed by atoms with Crippen LogP contribution >= 0.6 is 11.3 Å². The van der Waals surface area contributed by atoms with Gasteiger partial charge in [0.2, 0.25) is 13.9 Å². The average molecular weight is 687 g/mol. The molecule has 0 radical (unpaired) electrons. The minimum Gasteiger partial charge on any atom is -0.502 e. The molecule has 1 aromatic heterocycles. The van der Waals surface area contributed by atoms with Gasteiger partial charge in [0.1, 0.15) is 27.1 Å². The molecule has 13 nitrogen and oxygen atoms in total. The molecule has 3 saturated heterocycles. The summed E-state index contributed by atoms with van der Waals surface area (Å²) < 4.78 is 307. The summed E-state index contributed by atoms with van der Waals surface area (Å²) in [5.41, 5.74) is -5.96. The molecule has 8 rings (SSSR count). The molecular weight excluding hydrogens is 624 g/mol. The predicted octanol–water partition coefficient (Wildman–Crippen LogP) is 2.75. The molecule has 3 fully saturated rings. The van der Waals surface area contributed by atoms with E-state index in [2.05, 4.69) is 5.11 Å². The highest BCUT2D eigenvalue weighted by Gasteiger charge is 2.56. The minimum absolute atomic E-state index is 0.0142. The van der Waals surface area contributed by atoms with Crippen LogP contribution in [0.4, 0.5) is 0 Å². The molecule has 0 amide bonds. The third-order valence-electron chi connectivity index (χ3n) is 6.44. The highest BCUT2D eigenvalue weighted by Crippen LogP contribution is 2.57. The van der Waals surface area contributed by atoms with Gasteiger partial charge in [0.25, 0.3) is 0 Å². The van der Waals surface area contributed by atoms with Gasteiger partial charge in [-0.05, 0) is 52.3 Å². The number of thiophene rings is 1. The van der Waals surface area contributed by atoms with Gasteiger partial charge in [-0.1, -0.05) is 6.04 Å². The molecule has 14 heteroatoms. The molecule has 244 valence electrons. The lowest BCUT2D eigenvalue weighted by Crippen LogP contribution is -2.62. The lowest BCUT2D eigenvalue weighted by atomic mass is 9.66. The monoisotopic (exact) mass is 686 g/mol. The van der Waals surface area contributed by atoms with Gasteiger partial charge < -0.3 is 58.0 Å². The lowest BCUT2D eigenvalue weighted by Gasteiger charge is -2.48. The number of methoxy groups -OCH3 is 2. The first-order chi connectivity index (χ1) is 33.9. The number of ether oxygens (including phenoxy) is 9. The molecule has 3 aromatic rings. The van der Waals surface area contributed by atoms with Crippen LogP contribution in [0.3, 0.4) is 0 Å². The summed E-state index contributed by atoms with van der Waals surface area (Å²) in [6.45, 7) is -12.6. The van der Waals surface area contributed by atoms with Crippen molar-refractivity contribution in [1.29, 1.82) is 1.43 Å². The fourth-order valence-electron chi connectivity index (χ4n) is 4.50. The fraction of sp³-hybridized carbons (Fsp3) is 0.469. The zero-order chi connectivity index (χ0) is 58.1. The van der Waals surface area contributed by atoms with E-state index < -0.39 is 192 Å². The molecule has 2 aromatic carbocycles. The van der Waals surface area contributed by atoms with Crippen LogP contribution in [0.25, 0.3) is 0 Å². The first-order valence-electron chi connectivity index (χ1n) is 27.1. The predicted molar refractivity (Wildman–Crippen MR) is 156 cm³/mol. The molecule has 0 spiro atoms. The smallest absolute Gasteiger partial charge is 0.310 e. The third kappa shape index (κ3) is 4.70. The van der Waals surface area contributed by atoms with Crippen LogP contribution in [0.5, 0.6) is 28.7 Å². The number of fused-ring (bicyclic) bond motifs is 4. The molecule has 1 aliphatic carbocycles. The van der Waals surface area contributed by atoms with Crippen LogP contribution < -0.4 is 18.9 Å². The number of cyclic esters (lactones) is 1. The standard InChI is InChI=1S/C32H32O13S/c1-37-19-6-13(7-20(38-2)25(19)33)23-14-8-17-18(42-12-41-17)9-15(14)28(16-10-39-30(36)24(16)23)44-32-27(35)26(34)29-21(43-32)11-40-31(45-29)22-4-3-5-46-22/h3-9,16,21,23-24,26-29,31-35H,10-12H2,1-2H3/t16-,21+,23+,24-,26+,27+,28+,29+,31+,32-/m0/s1/i1D3,2D3,3D,4D,5D,6D,7D,8D,9D,10D2,11D2,12D2,16D,21D,23D,24D,26D,27D,28D,29D,31D,32D,34D. The summed E-state index contributed by atoms with van der Waals surface area (Å²) >= 11 is -0.0142. The van der Waals surface area contributed by atoms with E-state index >= 15 is 0 Å². The number of rotatable bonds is 7. The molecule has 0 bridgehead atoms. The van der Waals surface area contributed by atoms with Gasteiger partial charge in [-0.3, -0.25) is 4.79 Å². The summed E-state index contributed by atoms with van der Waals surface area (Å²) in [5.74, 6) is -25.4. The summed E-state index contributed by atoms with van der Waals surface area (Å²) in [7, 11) is -7.67. The molecule has 46 heavy (non-hydrogen) atoms. The van der Waals surface area contributed by atoms with Crippen molar-refractivity contribution in [3.8, 4) is 28.7 Å². The summed E-state index contributed by atoms with van der Waals surface area (Å²) in [6, 6.07) is -9.58. The largest absolute Gasteiger partial charge is 0.502 e. The SMILES string of the molecule is [2H]O[C@]1([2H])[C@@]([2H])(O)[C@]([2H])(O[C@]2([2H])c3c([2H])c4c(c([2H])c3[C@@]([2H])(c3c([2H])c(OC([2H])([2H])[2H])c(O)c(OC([2H])([2H])[2H])c3[2H])[C@@]3([2H])C(=O)OC([2H])([2H])[C@@]32[2H])OC([2H])([2H])O4)O[C@]2([2H])C([2H])([2H])O[C@@]([2H])(c3sc([2H])c([2H])c3[2H])O[C@@]12[2H]. The highest BCUT2D eigenvalue weighted by atomic mass is 32.1. The van der Waals surface area contributed by atoms with Crippen molar-refractivity contribution in [1.82, 2.24) is 0 Å². The van der Waals surface area contributed by atoms with Gasteiger partial charge in [-0.2, -0.15) is 0 Å². The highest BCUT2D eigenvalue weighted by molar-refractivity contribution is 7.10. The van der Waals surface area contributed by atoms with E-state index in [0.29, 0.717) is 0 Å². The topological polar surface area (TPSA) is 161 Å². The van der Waals surface area contributed by atoms with Crippen LogP contribution in [0, 0.1) is 11.8 Å². The zero-order valence-corrected chi connectivity index (χ0v) is 22.6. The van der Waals surface area contributed by atoms with E-state index in [0.717, 1.165) is 0 Å². The average Bonchev–Trinajstić information content (AvgIpc) is 3.79. The lowest BCUT2D eigenvalue weighted by molar-refractivity contribution is -0.368. The number of aromatic hydroxyl groups is 1. The van der Waals surface area contributed by atoms with Crippen LogP contribution in [-0.4, -0.2) is 87.2 Å². The van der Waals surface area contributed by atoms with Crippen molar-refractivity contribution >= 4 is 17.3 Å². The van der Waals surface area contributed by atoms with Crippen LogP contribution in [0.2, 0.25) is 0 Å². The number of carbonyl (C=O) groups excluding carboxylic acids is 1. The van der Waals surface area contributed by atoms with E-state index in [9.17, 15) is 27.3 Å². The fourth-order valence-corrected chi connectivity index (χ4v) is 4.98. The number of hydrogen-bond acceptors (Lipinski definition) is 14. The van der Waals surface area contributed by atoms with Gasteiger partial charge in [0.15, 0.2) is 35.5 Å². The molecule has 5 aliphatic rings. The molecule has 0 saturated carbocycles. The molecule has 4 aliphatic heterocycles. The van der Waals surface area contributed by atoms with E-state index in [-0.39, 0.29) is 11.3 Å². The Bertz CT molecular complexity index is 3000. The molecule has 10 atom stereocenters. The van der Waals surface area contributed by atoms with Crippen LogP contribution in [0.1, 0.15) is 79.6 Å². The maximum Gasteiger partial charge on any atom is 0.310 e. The Morgan fingerprint density at radius 3 is 2.57 bits per heavy atom. The van der Waals surface area contributed by atoms with E-state index in [1.165, 1.54) is 0 Å². The Morgan fingerprint density at radius 2 is 1.85 bits per heavy atom. The van der Waals surface area contributed by atoms with Gasteiger partial charge >= 0.3 is 5.97 Å². The Labute approximate surface area is 309 Å². The Balaban J connectivity index is 1.51. The summed E-state index contributed by atoms with van der Waals surface area (Å²) in [5, 5.41) is 26.8. The number of carbonyl (C=O) groups is 1. The van der Waals surface area contributed by atoms with E-state index in [1.54, 1.807) is 0 Å². The first kappa shape index (κ1) is 11.5. The number of benzene rings is 2. The third-order valence-corrected chi connectivity index (χ3v) is 7.12. The molecule has 3 N–H and O–H groups in total. The number of phenolic OH excluding ortho intramolecular Hbond substituents is 1. The van der Waals surface area contributed by atoms with Crippen molar-refractivity contribution < 1.29 is 103 Å². The number of phenols is 1. The zero-order valence-electron chi connectivity index (χ0n) is 51.8. The quantitative estimate of drug-likeness (QED) is 0.312. The molecular formula is C32H32O13S. The van der Waals surface area contributed by atoms with Crippen molar-refractivity contribution in [2.45, 2.75) is 48.8 Å². The van der Waals surface area contributed by atoms with Crippen molar-refractivity contribution in [2.24, 2.45) is 11.8 Å². The van der Waals surface area contributed by atoms with Crippen molar-refractivity contribution in [3.63, 3.8) is 0 Å². The number of hydrogen-bond donors (Lipinski definition) is 3. The van der Waals surface area contributed by atoms with Crippen molar-refractivity contribution in [2.75, 3.05) is 33.9 Å². The second-order valence-corrected chi connectivity index (χ2v) is 9.75. The second kappa shape index (κ2) is 11.6. The van der Waals surface area contributed by atoms with Crippen LogP contribution in [0.15, 0.2) is 41.6 Å². The van der Waals surface area contributed by atoms with Crippen molar-refractivity contribution in [3.05, 3.63) is 63.2 Å². The summed E-state index contributed by atoms with van der Waals surface area (Å²) in [4.78, 5) is 13.5. The van der Waals surface area contributed by atoms with E-state index in [4.69, 9.17) is 71.5 Å². The van der Waals surface area contributed by atoms with Gasteiger partial charge in [-0.15, -0.1) is 11.3 Å². The molecule has 0 unspecified atom stereocenters. The Morgan fingerprint density at radius 1 is 1.07 bits per heavy atom. The van der Waals surface area contributed by atoms with Gasteiger partial charge in [-0.25, -0.2) is 0 Å². The maximum absolute atomic E-state index is 14.6. The van der Waals surface area contributed by atoms with E-state index in [1.807, 2.05) is 0 Å². The number of aliphatic hydroxyl groups is 2. The normalized spacial score (nSPS) is 63.5. The molecule has 5 heterocycles. The van der Waals surface area contributed by atoms with Gasteiger partial charge in [0, 0.05) is 15.9 Å². The second-order valence-electron chi connectivity index (χ2n) is 8.93. The summed E-state index contributed by atoms with van der Waals surface area (Å²) in [6.07, 6.45) is -33.3. The Hall–Kier alpha value is -3.63. The minimum atomic E-state index is -5.16. The van der Waals surface area contributed by atoms with Gasteiger partial charge in [0.05, 0.1) is 76.9 Å². The first-order valence-corrected chi connectivity index (χ1v) is 13.0. The number of esters is 1. The maximum atomic E-state index is 14.6. The van der Waals surface area contributed by atoms with Crippen LogP contribution in [-0.2, 0) is 28.5 Å². The Kier molecular flexibility index (Phi) is 2.89.